The average Bonchev–Trinajstić information content (AvgIpc) is 2.69. The summed E-state index contributed by atoms with van der Waals surface area (Å²) in [4.78, 5) is 8.21. The number of nitrogens with zero attached hydrogens (tertiary/aromatic N) is 3. The summed E-state index contributed by atoms with van der Waals surface area (Å²) in [7, 11) is 0. The third-order valence-electron chi connectivity index (χ3n) is 3.62. The fourth-order valence-corrected chi connectivity index (χ4v) is 2.89. The Morgan fingerprint density at radius 3 is 2.65 bits per heavy atom. The van der Waals surface area contributed by atoms with E-state index in [4.69, 9.17) is 5.26 Å². The van der Waals surface area contributed by atoms with Gasteiger partial charge < -0.3 is 10.6 Å². The second-order valence-electron chi connectivity index (χ2n) is 4.82. The van der Waals surface area contributed by atoms with Crippen LogP contribution in [0.2, 0.25) is 0 Å². The molecule has 0 aliphatic carbocycles. The summed E-state index contributed by atoms with van der Waals surface area (Å²) in [5.74, 6) is 0.626. The van der Waals surface area contributed by atoms with Gasteiger partial charge in [-0.15, -0.1) is 0 Å². The molecule has 17 heavy (non-hydrogen) atoms. The van der Waals surface area contributed by atoms with E-state index in [2.05, 4.69) is 26.7 Å². The number of piperidine rings is 1. The average molecular weight is 229 g/mol. The predicted molar refractivity (Wildman–Crippen MR) is 63.3 cm³/mol. The van der Waals surface area contributed by atoms with Gasteiger partial charge in [0.05, 0.1) is 0 Å². The molecule has 2 atom stereocenters. The molecule has 5 heteroatoms. The lowest BCUT2D eigenvalue weighted by Crippen LogP contribution is -2.43. The first-order valence-corrected chi connectivity index (χ1v) is 6.09. The van der Waals surface area contributed by atoms with Gasteiger partial charge in [0, 0.05) is 30.5 Å². The second kappa shape index (κ2) is 4.30. The van der Waals surface area contributed by atoms with Gasteiger partial charge in [0.15, 0.2) is 11.5 Å². The van der Waals surface area contributed by atoms with E-state index < -0.39 is 0 Å². The molecular weight excluding hydrogens is 214 g/mol. The van der Waals surface area contributed by atoms with E-state index in [-0.39, 0.29) is 0 Å². The molecule has 88 valence electrons. The van der Waals surface area contributed by atoms with Gasteiger partial charge in [-0.25, -0.2) is 9.97 Å². The van der Waals surface area contributed by atoms with E-state index in [1.807, 2.05) is 0 Å². The van der Waals surface area contributed by atoms with E-state index >= 15 is 0 Å². The summed E-state index contributed by atoms with van der Waals surface area (Å²) < 4.78 is 0. The van der Waals surface area contributed by atoms with Crippen LogP contribution >= 0.6 is 0 Å². The van der Waals surface area contributed by atoms with Crippen LogP contribution < -0.4 is 10.6 Å². The Balaban J connectivity index is 1.73. The van der Waals surface area contributed by atoms with Crippen LogP contribution in [0.1, 0.15) is 31.4 Å². The Hall–Kier alpha value is -1.67. The number of rotatable bonds is 2. The Morgan fingerprint density at radius 2 is 1.94 bits per heavy atom. The van der Waals surface area contributed by atoms with E-state index in [1.54, 1.807) is 12.4 Å². The van der Waals surface area contributed by atoms with Gasteiger partial charge >= 0.3 is 0 Å². The Labute approximate surface area is 100 Å². The van der Waals surface area contributed by atoms with Crippen molar-refractivity contribution in [1.82, 2.24) is 15.3 Å². The highest BCUT2D eigenvalue weighted by molar-refractivity contribution is 5.47. The van der Waals surface area contributed by atoms with E-state index in [0.29, 0.717) is 29.6 Å². The van der Waals surface area contributed by atoms with Crippen molar-refractivity contribution in [2.75, 3.05) is 5.32 Å². The third-order valence-corrected chi connectivity index (χ3v) is 3.62. The van der Waals surface area contributed by atoms with Crippen molar-refractivity contribution in [3.05, 3.63) is 18.1 Å². The smallest absolute Gasteiger partial charge is 0.182 e. The molecule has 2 aliphatic heterocycles. The predicted octanol–water partition coefficient (Wildman–Crippen LogP) is 1.04. The maximum atomic E-state index is 8.96. The molecule has 0 amide bonds. The van der Waals surface area contributed by atoms with Crippen molar-refractivity contribution in [3.8, 4) is 6.07 Å². The van der Waals surface area contributed by atoms with E-state index in [1.165, 1.54) is 12.8 Å². The normalized spacial score (nSPS) is 30.9. The molecule has 0 spiro atoms. The highest BCUT2D eigenvalue weighted by Gasteiger charge is 2.33. The van der Waals surface area contributed by atoms with Crippen LogP contribution in [0.25, 0.3) is 0 Å². The van der Waals surface area contributed by atoms with Crippen LogP contribution in [0.5, 0.6) is 0 Å². The van der Waals surface area contributed by atoms with E-state index in [9.17, 15) is 0 Å². The number of nitrogens with one attached hydrogen (secondary N) is 2. The van der Waals surface area contributed by atoms with Gasteiger partial charge in [0.1, 0.15) is 6.07 Å². The third kappa shape index (κ3) is 2.08. The number of anilines is 1. The van der Waals surface area contributed by atoms with Crippen LogP contribution in [0.3, 0.4) is 0 Å². The molecule has 3 heterocycles. The topological polar surface area (TPSA) is 73.6 Å². The molecule has 5 nitrogen and oxygen atoms in total. The molecule has 0 radical (unpaired) electrons. The fourth-order valence-electron chi connectivity index (χ4n) is 2.89. The van der Waals surface area contributed by atoms with Gasteiger partial charge in [0.25, 0.3) is 0 Å². The highest BCUT2D eigenvalue weighted by atomic mass is 15.1. The van der Waals surface area contributed by atoms with Gasteiger partial charge in [-0.1, -0.05) is 0 Å². The molecule has 0 saturated carbocycles. The highest BCUT2D eigenvalue weighted by Crippen LogP contribution is 2.28. The number of nitriles is 1. The van der Waals surface area contributed by atoms with Crippen molar-refractivity contribution in [1.29, 1.82) is 5.26 Å². The summed E-state index contributed by atoms with van der Waals surface area (Å²) in [6.45, 7) is 0. The lowest BCUT2D eigenvalue weighted by molar-refractivity contribution is 0.377. The zero-order chi connectivity index (χ0) is 11.7. The van der Waals surface area contributed by atoms with Gasteiger partial charge in [-0.3, -0.25) is 0 Å². The number of hydrogen-bond donors (Lipinski definition) is 2. The maximum absolute atomic E-state index is 8.96. The zero-order valence-electron chi connectivity index (χ0n) is 9.56. The standard InChI is InChI=1S/C12H15N5/c13-7-11-12(15-4-3-14-11)17-10-5-8-1-2-9(6-10)16-8/h3-4,8-10,16H,1-2,5-6H2,(H,15,17). The molecule has 1 aromatic heterocycles. The van der Waals surface area contributed by atoms with Crippen molar-refractivity contribution < 1.29 is 0 Å². The summed E-state index contributed by atoms with van der Waals surface area (Å²) in [5.41, 5.74) is 0.387. The monoisotopic (exact) mass is 229 g/mol. The quantitative estimate of drug-likeness (QED) is 0.792. The van der Waals surface area contributed by atoms with E-state index in [0.717, 1.165) is 12.8 Å². The van der Waals surface area contributed by atoms with Crippen LogP contribution in [0.4, 0.5) is 5.82 Å². The van der Waals surface area contributed by atoms with Gasteiger partial charge in [-0.05, 0) is 25.7 Å². The summed E-state index contributed by atoms with van der Waals surface area (Å²) >= 11 is 0. The summed E-state index contributed by atoms with van der Waals surface area (Å²) in [6.07, 6.45) is 7.94. The molecule has 2 fully saturated rings. The van der Waals surface area contributed by atoms with Crippen LogP contribution in [-0.2, 0) is 0 Å². The molecule has 1 aromatic rings. The van der Waals surface area contributed by atoms with Crippen LogP contribution in [0, 0.1) is 11.3 Å². The molecule has 3 rings (SSSR count). The summed E-state index contributed by atoms with van der Waals surface area (Å²) in [5, 5.41) is 15.9. The first kappa shape index (κ1) is 10.5. The van der Waals surface area contributed by atoms with Crippen molar-refractivity contribution in [2.24, 2.45) is 0 Å². The maximum Gasteiger partial charge on any atom is 0.182 e. The number of fused-ring (bicyclic) bond motifs is 2. The van der Waals surface area contributed by atoms with Gasteiger partial charge in [0.2, 0.25) is 0 Å². The van der Waals surface area contributed by atoms with Crippen molar-refractivity contribution >= 4 is 5.82 Å². The Kier molecular flexibility index (Phi) is 2.65. The minimum Gasteiger partial charge on any atom is -0.365 e. The van der Waals surface area contributed by atoms with Gasteiger partial charge in [-0.2, -0.15) is 5.26 Å². The second-order valence-corrected chi connectivity index (χ2v) is 4.82. The molecule has 0 aromatic carbocycles. The van der Waals surface area contributed by atoms with Crippen LogP contribution in [-0.4, -0.2) is 28.1 Å². The molecule has 2 bridgehead atoms. The van der Waals surface area contributed by atoms with Crippen LogP contribution in [0.15, 0.2) is 12.4 Å². The molecule has 2 N–H and O–H groups in total. The number of aromatic nitrogens is 2. The molecular formula is C12H15N5. The number of hydrogen-bond acceptors (Lipinski definition) is 5. The lowest BCUT2D eigenvalue weighted by Gasteiger charge is -2.30. The Morgan fingerprint density at radius 1 is 1.24 bits per heavy atom. The van der Waals surface area contributed by atoms with Crippen molar-refractivity contribution in [3.63, 3.8) is 0 Å². The largest absolute Gasteiger partial charge is 0.365 e. The zero-order valence-corrected chi connectivity index (χ0v) is 9.56. The first-order valence-electron chi connectivity index (χ1n) is 6.09. The fraction of sp³-hybridized carbons (Fsp3) is 0.583. The summed E-state index contributed by atoms with van der Waals surface area (Å²) in [6, 6.07) is 3.75. The Bertz CT molecular complexity index is 440. The minimum atomic E-state index is 0.387. The molecule has 2 aliphatic rings. The minimum absolute atomic E-state index is 0.387. The molecule has 2 unspecified atom stereocenters. The lowest BCUT2D eigenvalue weighted by atomic mass is 10.00. The van der Waals surface area contributed by atoms with Crippen molar-refractivity contribution in [2.45, 2.75) is 43.8 Å². The SMILES string of the molecule is N#Cc1nccnc1NC1CC2CCC(C1)N2. The first-order chi connectivity index (χ1) is 8.35. The molecule has 2 saturated heterocycles.